The topological polar surface area (TPSA) is 33.6 Å². The number of halogens is 1. The van der Waals surface area contributed by atoms with Crippen LogP contribution in [-0.4, -0.2) is 14.5 Å². The second kappa shape index (κ2) is 4.42. The quantitative estimate of drug-likeness (QED) is 0.830. The largest absolute Gasteiger partial charge is 0.329 e. The maximum Gasteiger partial charge on any atom is 0.179 e. The van der Waals surface area contributed by atoms with Crippen molar-refractivity contribution in [1.29, 1.82) is 0 Å². The molecule has 0 aliphatic carbocycles. The molecule has 1 N–H and O–H groups in total. The monoisotopic (exact) mass is 269 g/mol. The highest BCUT2D eigenvalue weighted by Crippen LogP contribution is 2.22. The van der Waals surface area contributed by atoms with Crippen LogP contribution in [0.25, 0.3) is 11.2 Å². The van der Waals surface area contributed by atoms with Gasteiger partial charge in [0.25, 0.3) is 0 Å². The Morgan fingerprint density at radius 2 is 2.18 bits per heavy atom. The molecule has 0 aromatic carbocycles. The number of aromatic nitrogens is 3. The van der Waals surface area contributed by atoms with Crippen molar-refractivity contribution >= 4 is 35.0 Å². The summed E-state index contributed by atoms with van der Waals surface area (Å²) < 4.78 is 2.74. The predicted molar refractivity (Wildman–Crippen MR) is 74.0 cm³/mol. The SMILES string of the molecule is CC(C)(C)CCn1c(=S)[nH]c2cc(Cl)cnc21. The molecule has 0 aliphatic heterocycles. The Labute approximate surface area is 111 Å². The highest BCUT2D eigenvalue weighted by atomic mass is 35.5. The Kier molecular flexibility index (Phi) is 3.27. The number of nitrogens with zero attached hydrogens (tertiary/aromatic N) is 2. The number of hydrogen-bond donors (Lipinski definition) is 1. The van der Waals surface area contributed by atoms with Crippen molar-refractivity contribution in [3.05, 3.63) is 22.1 Å². The van der Waals surface area contributed by atoms with Crippen molar-refractivity contribution in [3.8, 4) is 0 Å². The van der Waals surface area contributed by atoms with Crippen LogP contribution in [0.3, 0.4) is 0 Å². The number of fused-ring (bicyclic) bond motifs is 1. The third-order valence-electron chi connectivity index (χ3n) is 2.66. The Morgan fingerprint density at radius 3 is 2.82 bits per heavy atom. The molecule has 0 unspecified atom stereocenters. The Hall–Kier alpha value is -0.870. The zero-order valence-corrected chi connectivity index (χ0v) is 11.8. The zero-order valence-electron chi connectivity index (χ0n) is 10.2. The summed E-state index contributed by atoms with van der Waals surface area (Å²) in [5, 5.41) is 0.622. The molecule has 2 aromatic heterocycles. The summed E-state index contributed by atoms with van der Waals surface area (Å²) in [7, 11) is 0. The van der Waals surface area contributed by atoms with Gasteiger partial charge in [0.15, 0.2) is 10.4 Å². The highest BCUT2D eigenvalue weighted by Gasteiger charge is 2.12. The van der Waals surface area contributed by atoms with Gasteiger partial charge in [-0.2, -0.15) is 0 Å². The molecule has 2 aromatic rings. The predicted octanol–water partition coefficient (Wildman–Crippen LogP) is 4.18. The van der Waals surface area contributed by atoms with E-state index in [1.807, 2.05) is 10.6 Å². The molecule has 3 nitrogen and oxygen atoms in total. The van der Waals surface area contributed by atoms with E-state index in [0.29, 0.717) is 9.79 Å². The van der Waals surface area contributed by atoms with Crippen LogP contribution >= 0.6 is 23.8 Å². The fourth-order valence-corrected chi connectivity index (χ4v) is 2.12. The lowest BCUT2D eigenvalue weighted by Gasteiger charge is -2.18. The minimum Gasteiger partial charge on any atom is -0.329 e. The summed E-state index contributed by atoms with van der Waals surface area (Å²) in [6.45, 7) is 7.53. The van der Waals surface area contributed by atoms with Gasteiger partial charge >= 0.3 is 0 Å². The van der Waals surface area contributed by atoms with Gasteiger partial charge in [-0.25, -0.2) is 4.98 Å². The van der Waals surface area contributed by atoms with Gasteiger partial charge in [0, 0.05) is 12.7 Å². The Balaban J connectivity index is 2.40. The first-order chi connectivity index (χ1) is 7.87. The van der Waals surface area contributed by atoms with Gasteiger partial charge in [-0.3, -0.25) is 0 Å². The third-order valence-corrected chi connectivity index (χ3v) is 3.19. The van der Waals surface area contributed by atoms with E-state index >= 15 is 0 Å². The Morgan fingerprint density at radius 1 is 1.47 bits per heavy atom. The maximum absolute atomic E-state index is 5.90. The van der Waals surface area contributed by atoms with Crippen LogP contribution < -0.4 is 0 Å². The molecule has 0 saturated heterocycles. The van der Waals surface area contributed by atoms with Crippen LogP contribution in [0.2, 0.25) is 5.02 Å². The van der Waals surface area contributed by atoms with Crippen molar-refractivity contribution < 1.29 is 0 Å². The van der Waals surface area contributed by atoms with Gasteiger partial charge in [-0.1, -0.05) is 32.4 Å². The van der Waals surface area contributed by atoms with Gasteiger partial charge < -0.3 is 9.55 Å². The van der Waals surface area contributed by atoms with E-state index in [2.05, 4.69) is 30.7 Å². The number of rotatable bonds is 2. The summed E-state index contributed by atoms with van der Waals surface area (Å²) in [5.41, 5.74) is 2.06. The molecule has 0 amide bonds. The summed E-state index contributed by atoms with van der Waals surface area (Å²) in [6, 6.07) is 1.85. The van der Waals surface area contributed by atoms with Gasteiger partial charge in [0.2, 0.25) is 0 Å². The van der Waals surface area contributed by atoms with E-state index < -0.39 is 0 Å². The van der Waals surface area contributed by atoms with E-state index in [-0.39, 0.29) is 5.41 Å². The van der Waals surface area contributed by atoms with E-state index in [1.165, 1.54) is 0 Å². The molecule has 5 heteroatoms. The normalized spacial score (nSPS) is 12.2. The lowest BCUT2D eigenvalue weighted by atomic mass is 9.92. The van der Waals surface area contributed by atoms with Crippen molar-refractivity contribution in [2.24, 2.45) is 5.41 Å². The summed E-state index contributed by atoms with van der Waals surface area (Å²) in [6.07, 6.45) is 2.71. The molecule has 2 heterocycles. The lowest BCUT2D eigenvalue weighted by Crippen LogP contribution is -2.10. The lowest BCUT2D eigenvalue weighted by molar-refractivity contribution is 0.351. The fourth-order valence-electron chi connectivity index (χ4n) is 1.67. The van der Waals surface area contributed by atoms with Crippen LogP contribution in [0.15, 0.2) is 12.3 Å². The first kappa shape index (κ1) is 12.6. The summed E-state index contributed by atoms with van der Waals surface area (Å²) >= 11 is 11.2. The summed E-state index contributed by atoms with van der Waals surface area (Å²) in [4.78, 5) is 7.47. The smallest absolute Gasteiger partial charge is 0.179 e. The molecule has 0 saturated carbocycles. The van der Waals surface area contributed by atoms with Crippen molar-refractivity contribution in [3.63, 3.8) is 0 Å². The number of aryl methyl sites for hydroxylation is 1. The van der Waals surface area contributed by atoms with Crippen LogP contribution in [-0.2, 0) is 6.54 Å². The second-order valence-electron chi connectivity index (χ2n) is 5.42. The molecule has 0 aliphatic rings. The molecular formula is C12H16ClN3S. The summed E-state index contributed by atoms with van der Waals surface area (Å²) in [5.74, 6) is 0. The molecule has 0 atom stereocenters. The molecule has 0 fully saturated rings. The molecule has 2 rings (SSSR count). The van der Waals surface area contributed by atoms with E-state index in [0.717, 1.165) is 24.1 Å². The maximum atomic E-state index is 5.90. The first-order valence-electron chi connectivity index (χ1n) is 5.61. The van der Waals surface area contributed by atoms with Crippen molar-refractivity contribution in [2.75, 3.05) is 0 Å². The highest BCUT2D eigenvalue weighted by molar-refractivity contribution is 7.71. The molecule has 0 radical (unpaired) electrons. The zero-order chi connectivity index (χ0) is 12.6. The third kappa shape index (κ3) is 2.87. The molecular weight excluding hydrogens is 254 g/mol. The number of H-pyrrole nitrogens is 1. The van der Waals surface area contributed by atoms with Gasteiger partial charge in [0.1, 0.15) is 0 Å². The van der Waals surface area contributed by atoms with Crippen molar-refractivity contribution in [1.82, 2.24) is 14.5 Å². The number of imidazole rings is 1. The van der Waals surface area contributed by atoms with Gasteiger partial charge in [0.05, 0.1) is 10.5 Å². The number of hydrogen-bond acceptors (Lipinski definition) is 2. The van der Waals surface area contributed by atoms with Crippen LogP contribution in [0.4, 0.5) is 0 Å². The molecule has 17 heavy (non-hydrogen) atoms. The van der Waals surface area contributed by atoms with Crippen LogP contribution in [0, 0.1) is 10.2 Å². The average Bonchev–Trinajstić information content (AvgIpc) is 2.48. The molecule has 0 bridgehead atoms. The van der Waals surface area contributed by atoms with Gasteiger partial charge in [-0.15, -0.1) is 0 Å². The van der Waals surface area contributed by atoms with Crippen molar-refractivity contribution in [2.45, 2.75) is 33.7 Å². The van der Waals surface area contributed by atoms with E-state index in [4.69, 9.17) is 23.8 Å². The average molecular weight is 270 g/mol. The fraction of sp³-hybridized carbons (Fsp3) is 0.500. The number of aromatic amines is 1. The number of pyridine rings is 1. The Bertz CT molecular complexity index is 592. The van der Waals surface area contributed by atoms with E-state index in [1.54, 1.807) is 6.20 Å². The van der Waals surface area contributed by atoms with E-state index in [9.17, 15) is 0 Å². The first-order valence-corrected chi connectivity index (χ1v) is 6.39. The standard InChI is InChI=1S/C12H16ClN3S/c1-12(2,3)4-5-16-10-9(15-11(16)17)6-8(13)7-14-10/h6-7H,4-5H2,1-3H3,(H,15,17). The van der Waals surface area contributed by atoms with Crippen LogP contribution in [0.5, 0.6) is 0 Å². The molecule has 0 spiro atoms. The minimum absolute atomic E-state index is 0.283. The molecule has 92 valence electrons. The minimum atomic E-state index is 0.283. The van der Waals surface area contributed by atoms with Crippen LogP contribution in [0.1, 0.15) is 27.2 Å². The number of nitrogens with one attached hydrogen (secondary N) is 1. The van der Waals surface area contributed by atoms with Gasteiger partial charge in [-0.05, 0) is 30.1 Å². The second-order valence-corrected chi connectivity index (χ2v) is 6.24.